The summed E-state index contributed by atoms with van der Waals surface area (Å²) in [7, 11) is 2.96. The molecule has 1 aliphatic heterocycles. The van der Waals surface area contributed by atoms with E-state index in [0.717, 1.165) is 0 Å². The predicted octanol–water partition coefficient (Wildman–Crippen LogP) is 2.18. The van der Waals surface area contributed by atoms with Crippen molar-refractivity contribution in [2.24, 2.45) is 0 Å². The van der Waals surface area contributed by atoms with Crippen LogP contribution in [0.3, 0.4) is 0 Å². The maximum atomic E-state index is 12.9. The maximum absolute atomic E-state index is 12.9. The molecule has 2 aromatic carbocycles. The highest BCUT2D eigenvalue weighted by atomic mass is 16.5. The van der Waals surface area contributed by atoms with E-state index in [2.05, 4.69) is 5.32 Å². The average molecular weight is 442 g/mol. The Kier molecular flexibility index (Phi) is 7.19. The summed E-state index contributed by atoms with van der Waals surface area (Å²) < 4.78 is 21.8. The molecule has 1 N–H and O–H groups in total. The van der Waals surface area contributed by atoms with Gasteiger partial charge in [0.2, 0.25) is 0 Å². The number of fused-ring (bicyclic) bond motifs is 1. The second-order valence-corrected chi connectivity index (χ2v) is 7.30. The highest BCUT2D eigenvalue weighted by Crippen LogP contribution is 2.33. The Morgan fingerprint density at radius 3 is 2.59 bits per heavy atom. The van der Waals surface area contributed by atoms with Crippen LogP contribution in [-0.4, -0.2) is 57.3 Å². The number of benzene rings is 2. The van der Waals surface area contributed by atoms with Gasteiger partial charge >= 0.3 is 5.97 Å². The smallest absolute Gasteiger partial charge is 0.338 e. The summed E-state index contributed by atoms with van der Waals surface area (Å²) in [5.41, 5.74) is 0.724. The first-order chi connectivity index (χ1) is 15.3. The molecule has 9 nitrogen and oxygen atoms in total. The standard InChI is InChI=1S/C23H26N2O7/c1-14(2)31-18-10-9-15(11-19(18)29-4)23(28)30-13-21(26)25-12-20(22(27)24-3)32-17-8-6-5-7-16(17)25/h5-11,14,20H,12-13H2,1-4H3,(H,24,27). The zero-order chi connectivity index (χ0) is 23.3. The molecule has 9 heteroatoms. The van der Waals surface area contributed by atoms with Crippen molar-refractivity contribution < 1.29 is 33.3 Å². The number of anilines is 1. The molecule has 2 amide bonds. The molecule has 0 aromatic heterocycles. The van der Waals surface area contributed by atoms with Crippen molar-refractivity contribution in [3.8, 4) is 17.2 Å². The molecule has 0 fully saturated rings. The van der Waals surface area contributed by atoms with Gasteiger partial charge in [-0.25, -0.2) is 4.79 Å². The minimum Gasteiger partial charge on any atom is -0.493 e. The molecule has 1 heterocycles. The van der Waals surface area contributed by atoms with Crippen LogP contribution in [0.2, 0.25) is 0 Å². The number of ether oxygens (including phenoxy) is 4. The van der Waals surface area contributed by atoms with Gasteiger partial charge in [0.25, 0.3) is 11.8 Å². The second-order valence-electron chi connectivity index (χ2n) is 7.30. The Balaban J connectivity index is 1.71. The lowest BCUT2D eigenvalue weighted by atomic mass is 10.1. The number of hydrogen-bond donors (Lipinski definition) is 1. The van der Waals surface area contributed by atoms with Crippen molar-refractivity contribution in [3.63, 3.8) is 0 Å². The third-order valence-electron chi connectivity index (χ3n) is 4.70. The minimum atomic E-state index is -0.868. The molecule has 1 unspecified atom stereocenters. The first-order valence-corrected chi connectivity index (χ1v) is 10.1. The van der Waals surface area contributed by atoms with Crippen LogP contribution in [0, 0.1) is 0 Å². The van der Waals surface area contributed by atoms with Crippen LogP contribution >= 0.6 is 0 Å². The zero-order valence-corrected chi connectivity index (χ0v) is 18.4. The van der Waals surface area contributed by atoms with E-state index in [9.17, 15) is 14.4 Å². The molecule has 170 valence electrons. The van der Waals surface area contributed by atoms with E-state index >= 15 is 0 Å². The molecule has 0 saturated carbocycles. The summed E-state index contributed by atoms with van der Waals surface area (Å²) in [5.74, 6) is -0.232. The highest BCUT2D eigenvalue weighted by Gasteiger charge is 2.33. The molecule has 0 saturated heterocycles. The van der Waals surface area contributed by atoms with Gasteiger partial charge in [-0.1, -0.05) is 12.1 Å². The van der Waals surface area contributed by atoms with Crippen molar-refractivity contribution >= 4 is 23.5 Å². The van der Waals surface area contributed by atoms with Gasteiger partial charge in [0, 0.05) is 7.05 Å². The van der Waals surface area contributed by atoms with Crippen LogP contribution in [0.4, 0.5) is 5.69 Å². The molecule has 1 aliphatic rings. The summed E-state index contributed by atoms with van der Waals surface area (Å²) in [5, 5.41) is 2.51. The van der Waals surface area contributed by atoms with E-state index in [-0.39, 0.29) is 24.1 Å². The number of carbonyl (C=O) groups excluding carboxylic acids is 3. The predicted molar refractivity (Wildman–Crippen MR) is 116 cm³/mol. The number of methoxy groups -OCH3 is 1. The number of nitrogens with one attached hydrogen (secondary N) is 1. The Hall–Kier alpha value is -3.75. The fourth-order valence-electron chi connectivity index (χ4n) is 3.20. The van der Waals surface area contributed by atoms with Crippen LogP contribution < -0.4 is 24.4 Å². The monoisotopic (exact) mass is 442 g/mol. The quantitative estimate of drug-likeness (QED) is 0.656. The first kappa shape index (κ1) is 22.9. The van der Waals surface area contributed by atoms with Crippen molar-refractivity contribution in [2.75, 3.05) is 32.2 Å². The van der Waals surface area contributed by atoms with E-state index in [4.69, 9.17) is 18.9 Å². The van der Waals surface area contributed by atoms with Crippen molar-refractivity contribution in [3.05, 3.63) is 48.0 Å². The number of amides is 2. The van der Waals surface area contributed by atoms with E-state index < -0.39 is 24.6 Å². The molecule has 2 aromatic rings. The SMILES string of the molecule is CNC(=O)C1CN(C(=O)COC(=O)c2ccc(OC(C)C)c(OC)c2)c2ccccc2O1. The molecule has 0 spiro atoms. The van der Waals surface area contributed by atoms with Crippen molar-refractivity contribution in [1.82, 2.24) is 5.32 Å². The summed E-state index contributed by atoms with van der Waals surface area (Å²) in [6.45, 7) is 3.26. The third-order valence-corrected chi connectivity index (χ3v) is 4.70. The largest absolute Gasteiger partial charge is 0.493 e. The van der Waals surface area contributed by atoms with Crippen molar-refractivity contribution in [2.45, 2.75) is 26.1 Å². The first-order valence-electron chi connectivity index (χ1n) is 10.1. The fourth-order valence-corrected chi connectivity index (χ4v) is 3.20. The number of nitrogens with zero attached hydrogens (tertiary/aromatic N) is 1. The van der Waals surface area contributed by atoms with Gasteiger partial charge < -0.3 is 29.2 Å². The molecular weight excluding hydrogens is 416 g/mol. The van der Waals surface area contributed by atoms with Crippen LogP contribution in [0.5, 0.6) is 17.2 Å². The van der Waals surface area contributed by atoms with Crippen molar-refractivity contribution in [1.29, 1.82) is 0 Å². The number of carbonyl (C=O) groups is 3. The van der Waals surface area contributed by atoms with Gasteiger partial charge in [-0.05, 0) is 44.2 Å². The second kappa shape index (κ2) is 10.0. The van der Waals surface area contributed by atoms with Crippen LogP contribution in [0.1, 0.15) is 24.2 Å². The molecule has 0 bridgehead atoms. The highest BCUT2D eigenvalue weighted by molar-refractivity contribution is 5.99. The summed E-state index contributed by atoms with van der Waals surface area (Å²) in [6, 6.07) is 11.5. The maximum Gasteiger partial charge on any atom is 0.338 e. The minimum absolute atomic E-state index is 0.00211. The van der Waals surface area contributed by atoms with Gasteiger partial charge in [-0.3, -0.25) is 9.59 Å². The lowest BCUT2D eigenvalue weighted by Crippen LogP contribution is -2.51. The third kappa shape index (κ3) is 5.11. The van der Waals surface area contributed by atoms with E-state index in [1.807, 2.05) is 13.8 Å². The normalized spacial score (nSPS) is 14.8. The number of hydrogen-bond acceptors (Lipinski definition) is 7. The summed E-state index contributed by atoms with van der Waals surface area (Å²) in [6.07, 6.45) is -0.929. The van der Waals surface area contributed by atoms with E-state index in [0.29, 0.717) is 22.9 Å². The van der Waals surface area contributed by atoms with Crippen LogP contribution in [0.15, 0.2) is 42.5 Å². The number of rotatable bonds is 7. The number of likely N-dealkylation sites (N-methyl/N-ethyl adjacent to an activating group) is 1. The van der Waals surface area contributed by atoms with Gasteiger partial charge in [0.1, 0.15) is 5.75 Å². The molecule has 3 rings (SSSR count). The van der Waals surface area contributed by atoms with Crippen LogP contribution in [0.25, 0.3) is 0 Å². The number of esters is 1. The van der Waals surface area contributed by atoms with Gasteiger partial charge in [-0.2, -0.15) is 0 Å². The lowest BCUT2D eigenvalue weighted by molar-refractivity contribution is -0.128. The summed E-state index contributed by atoms with van der Waals surface area (Å²) >= 11 is 0. The summed E-state index contributed by atoms with van der Waals surface area (Å²) in [4.78, 5) is 38.8. The topological polar surface area (TPSA) is 103 Å². The average Bonchev–Trinajstić information content (AvgIpc) is 2.80. The molecule has 0 radical (unpaired) electrons. The molecular formula is C23H26N2O7. The van der Waals surface area contributed by atoms with Crippen LogP contribution in [-0.2, 0) is 14.3 Å². The Morgan fingerprint density at radius 1 is 1.16 bits per heavy atom. The molecule has 1 atom stereocenters. The zero-order valence-electron chi connectivity index (χ0n) is 18.4. The Morgan fingerprint density at radius 2 is 1.91 bits per heavy atom. The van der Waals surface area contributed by atoms with E-state index in [1.165, 1.54) is 25.1 Å². The Bertz CT molecular complexity index is 1010. The lowest BCUT2D eigenvalue weighted by Gasteiger charge is -2.33. The van der Waals surface area contributed by atoms with Gasteiger partial charge in [-0.15, -0.1) is 0 Å². The van der Waals surface area contributed by atoms with Gasteiger partial charge in [0.05, 0.1) is 31.0 Å². The number of para-hydroxylation sites is 2. The Labute approximate surface area is 186 Å². The van der Waals surface area contributed by atoms with E-state index in [1.54, 1.807) is 36.4 Å². The van der Waals surface area contributed by atoms with Gasteiger partial charge in [0.15, 0.2) is 24.2 Å². The molecule has 32 heavy (non-hydrogen) atoms. The fraction of sp³-hybridized carbons (Fsp3) is 0.348. The molecule has 0 aliphatic carbocycles.